The minimum Gasteiger partial charge on any atom is -0.458 e. The first-order valence-corrected chi connectivity index (χ1v) is 14.5. The Balaban J connectivity index is 2.20. The van der Waals surface area contributed by atoms with Gasteiger partial charge in [-0.15, -0.1) is 0 Å². The third-order valence-electron chi connectivity index (χ3n) is 5.90. The van der Waals surface area contributed by atoms with E-state index in [-0.39, 0.29) is 22.9 Å². The number of ether oxygens (including phenoxy) is 1. The summed E-state index contributed by atoms with van der Waals surface area (Å²) in [5.74, 6) is -1.68. The number of rotatable bonds is 10. The Bertz CT molecular complexity index is 1380. The van der Waals surface area contributed by atoms with E-state index < -0.39 is 45.3 Å². The normalized spacial score (nSPS) is 13.5. The van der Waals surface area contributed by atoms with Crippen LogP contribution in [-0.4, -0.2) is 37.8 Å². The highest BCUT2D eigenvalue weighted by atomic mass is 32.2. The van der Waals surface area contributed by atoms with Gasteiger partial charge in [-0.05, 0) is 101 Å². The Morgan fingerprint density at radius 1 is 0.875 bits per heavy atom. The smallest absolute Gasteiger partial charge is 0.333 e. The van der Waals surface area contributed by atoms with Gasteiger partial charge in [0.2, 0.25) is 10.0 Å². The highest BCUT2D eigenvalue weighted by Crippen LogP contribution is 2.22. The Morgan fingerprint density at radius 3 is 1.77 bits per heavy atom. The fourth-order valence-corrected chi connectivity index (χ4v) is 5.33. The van der Waals surface area contributed by atoms with Crippen LogP contribution < -0.4 is 4.72 Å². The number of aryl methyl sites for hydroxylation is 1. The molecule has 0 unspecified atom stereocenters. The number of nitrogens with one attached hydrogen (secondary N) is 1. The van der Waals surface area contributed by atoms with Gasteiger partial charge in [0.15, 0.2) is 6.04 Å². The van der Waals surface area contributed by atoms with Gasteiger partial charge in [0.25, 0.3) is 0 Å². The molecule has 0 radical (unpaired) electrons. The maximum atomic E-state index is 13.8. The maximum absolute atomic E-state index is 13.8. The van der Waals surface area contributed by atoms with Crippen LogP contribution in [0.2, 0.25) is 0 Å². The van der Waals surface area contributed by atoms with Crippen molar-refractivity contribution < 1.29 is 26.7 Å². The third kappa shape index (κ3) is 8.79. The number of esters is 1. The molecule has 2 atom stereocenters. The summed E-state index contributed by atoms with van der Waals surface area (Å²) in [7, 11) is -4.05. The second kappa shape index (κ2) is 12.8. The van der Waals surface area contributed by atoms with Crippen LogP contribution in [-0.2, 0) is 19.6 Å². The molecule has 0 spiro atoms. The first-order chi connectivity index (χ1) is 18.6. The van der Waals surface area contributed by atoms with Gasteiger partial charge in [0.05, 0.1) is 16.6 Å². The van der Waals surface area contributed by atoms with Gasteiger partial charge in [0, 0.05) is 11.1 Å². The minimum absolute atomic E-state index is 0.0223. The largest absolute Gasteiger partial charge is 0.458 e. The van der Waals surface area contributed by atoms with E-state index in [1.165, 1.54) is 60.7 Å². The van der Waals surface area contributed by atoms with Crippen LogP contribution in [0.15, 0.2) is 82.7 Å². The minimum atomic E-state index is -4.05. The van der Waals surface area contributed by atoms with Gasteiger partial charge in [0.1, 0.15) is 17.2 Å². The molecule has 0 aliphatic heterocycles. The average molecular weight is 571 g/mol. The molecule has 9 heteroatoms. The van der Waals surface area contributed by atoms with Crippen molar-refractivity contribution in [3.63, 3.8) is 0 Å². The molecule has 3 rings (SSSR count). The lowest BCUT2D eigenvalue weighted by atomic mass is 9.96. The zero-order valence-corrected chi connectivity index (χ0v) is 24.4. The van der Waals surface area contributed by atoms with E-state index in [2.05, 4.69) is 4.72 Å². The van der Waals surface area contributed by atoms with Gasteiger partial charge in [-0.2, -0.15) is 0 Å². The van der Waals surface area contributed by atoms with Crippen molar-refractivity contribution in [2.24, 2.45) is 10.9 Å². The standard InChI is InChI=1S/C31H36F2N2O4S/c1-20(2)19-27(35-40(37,38)26-17-7-21(3)8-18-26)29(30(36)39-31(4,5)6)34-28(22-9-13-24(32)14-10-22)23-11-15-25(33)16-12-23/h7-18,20,27,29,35H,19H2,1-6H3/t27-,29+/m1/s1. The lowest BCUT2D eigenvalue weighted by Crippen LogP contribution is -2.49. The number of carbonyl (C=O) groups excluding carboxylic acids is 1. The highest BCUT2D eigenvalue weighted by molar-refractivity contribution is 7.89. The van der Waals surface area contributed by atoms with Crippen molar-refractivity contribution in [3.05, 3.63) is 101 Å². The molecule has 1 N–H and O–H groups in total. The van der Waals surface area contributed by atoms with Crippen molar-refractivity contribution in [2.75, 3.05) is 0 Å². The van der Waals surface area contributed by atoms with E-state index in [1.807, 2.05) is 20.8 Å². The molecule has 0 saturated carbocycles. The average Bonchev–Trinajstić information content (AvgIpc) is 2.84. The Hall–Kier alpha value is -3.43. The van der Waals surface area contributed by atoms with Gasteiger partial charge in [-0.3, -0.25) is 4.99 Å². The molecule has 0 aliphatic carbocycles. The van der Waals surface area contributed by atoms with Gasteiger partial charge in [-0.25, -0.2) is 26.7 Å². The number of hydrogen-bond acceptors (Lipinski definition) is 5. The molecule has 0 amide bonds. The quantitative estimate of drug-likeness (QED) is 0.232. The van der Waals surface area contributed by atoms with E-state index in [4.69, 9.17) is 9.73 Å². The molecular weight excluding hydrogens is 534 g/mol. The zero-order valence-electron chi connectivity index (χ0n) is 23.6. The first kappa shape index (κ1) is 31.1. The van der Waals surface area contributed by atoms with Crippen LogP contribution >= 0.6 is 0 Å². The van der Waals surface area contributed by atoms with Crippen LogP contribution in [0.3, 0.4) is 0 Å². The van der Waals surface area contributed by atoms with E-state index in [0.717, 1.165) is 5.56 Å². The van der Waals surface area contributed by atoms with E-state index in [9.17, 15) is 22.0 Å². The van der Waals surface area contributed by atoms with Crippen LogP contribution in [0.4, 0.5) is 8.78 Å². The maximum Gasteiger partial charge on any atom is 0.333 e. The Labute approximate surface area is 235 Å². The molecule has 3 aromatic rings. The molecule has 0 aliphatic rings. The van der Waals surface area contributed by atoms with E-state index in [1.54, 1.807) is 32.9 Å². The summed E-state index contributed by atoms with van der Waals surface area (Å²) < 4.78 is 62.9. The molecule has 3 aromatic carbocycles. The van der Waals surface area contributed by atoms with Crippen LogP contribution in [0.25, 0.3) is 0 Å². The van der Waals surface area contributed by atoms with Crippen molar-refractivity contribution >= 4 is 21.7 Å². The lowest BCUT2D eigenvalue weighted by Gasteiger charge is -2.29. The van der Waals surface area contributed by atoms with Crippen LogP contribution in [0, 0.1) is 24.5 Å². The van der Waals surface area contributed by atoms with Crippen molar-refractivity contribution in [2.45, 2.75) is 70.5 Å². The topological polar surface area (TPSA) is 84.8 Å². The SMILES string of the molecule is Cc1ccc(S(=O)(=O)N[C@H](CC(C)C)[C@H](N=C(c2ccc(F)cc2)c2ccc(F)cc2)C(=O)OC(C)(C)C)cc1. The predicted octanol–water partition coefficient (Wildman–Crippen LogP) is 6.21. The van der Waals surface area contributed by atoms with Gasteiger partial charge >= 0.3 is 5.97 Å². The first-order valence-electron chi connectivity index (χ1n) is 13.1. The van der Waals surface area contributed by atoms with E-state index in [0.29, 0.717) is 11.1 Å². The molecular formula is C31H36F2N2O4S. The number of aliphatic imine (C=N–C) groups is 1. The number of hydrogen-bond donors (Lipinski definition) is 1. The summed E-state index contributed by atoms with van der Waals surface area (Å²) >= 11 is 0. The number of halogens is 2. The summed E-state index contributed by atoms with van der Waals surface area (Å²) in [6.45, 7) is 10.8. The molecule has 6 nitrogen and oxygen atoms in total. The monoisotopic (exact) mass is 570 g/mol. The predicted molar refractivity (Wildman–Crippen MR) is 153 cm³/mol. The lowest BCUT2D eigenvalue weighted by molar-refractivity contribution is -0.157. The van der Waals surface area contributed by atoms with Crippen LogP contribution in [0.1, 0.15) is 57.7 Å². The Kier molecular flexibility index (Phi) is 9.97. The molecule has 40 heavy (non-hydrogen) atoms. The molecule has 214 valence electrons. The molecule has 0 aromatic heterocycles. The second-order valence-electron chi connectivity index (χ2n) is 11.1. The fourth-order valence-electron chi connectivity index (χ4n) is 4.07. The summed E-state index contributed by atoms with van der Waals surface area (Å²) in [6.07, 6.45) is 0.263. The number of sulfonamides is 1. The van der Waals surface area contributed by atoms with Crippen molar-refractivity contribution in [3.8, 4) is 0 Å². The summed E-state index contributed by atoms with van der Waals surface area (Å²) in [4.78, 5) is 18.5. The second-order valence-corrected chi connectivity index (χ2v) is 12.9. The van der Waals surface area contributed by atoms with Crippen molar-refractivity contribution in [1.82, 2.24) is 4.72 Å². The van der Waals surface area contributed by atoms with Gasteiger partial charge in [-0.1, -0.05) is 31.5 Å². The third-order valence-corrected chi connectivity index (χ3v) is 7.40. The number of benzene rings is 3. The van der Waals surface area contributed by atoms with E-state index >= 15 is 0 Å². The highest BCUT2D eigenvalue weighted by Gasteiger charge is 2.36. The summed E-state index contributed by atoms with van der Waals surface area (Å²) in [6, 6.07) is 15.1. The molecule has 0 fully saturated rings. The number of nitrogens with zero attached hydrogens (tertiary/aromatic N) is 1. The van der Waals surface area contributed by atoms with Crippen LogP contribution in [0.5, 0.6) is 0 Å². The molecule has 0 saturated heterocycles. The number of carbonyl (C=O) groups is 1. The Morgan fingerprint density at radius 2 is 1.35 bits per heavy atom. The molecule has 0 bridgehead atoms. The molecule has 0 heterocycles. The summed E-state index contributed by atoms with van der Waals surface area (Å²) in [5, 5.41) is 0. The zero-order chi connectivity index (χ0) is 29.7. The van der Waals surface area contributed by atoms with Crippen molar-refractivity contribution in [1.29, 1.82) is 0 Å². The fraction of sp³-hybridized carbons (Fsp3) is 0.355. The van der Waals surface area contributed by atoms with Gasteiger partial charge < -0.3 is 4.74 Å². The summed E-state index contributed by atoms with van der Waals surface area (Å²) in [5.41, 5.74) is 1.21.